The fourth-order valence-corrected chi connectivity index (χ4v) is 2.15. The van der Waals surface area contributed by atoms with Crippen LogP contribution in [0.5, 0.6) is 5.75 Å². The Morgan fingerprint density at radius 2 is 2.10 bits per heavy atom. The van der Waals surface area contributed by atoms with Crippen LogP contribution in [0, 0.1) is 13.8 Å². The van der Waals surface area contributed by atoms with Crippen LogP contribution in [0.2, 0.25) is 0 Å². The van der Waals surface area contributed by atoms with E-state index in [1.54, 1.807) is 19.5 Å². The Morgan fingerprint density at radius 1 is 1.35 bits per heavy atom. The van der Waals surface area contributed by atoms with E-state index in [1.165, 1.54) is 4.57 Å². The van der Waals surface area contributed by atoms with Gasteiger partial charge < -0.3 is 10.5 Å². The van der Waals surface area contributed by atoms with Crippen LogP contribution in [0.1, 0.15) is 22.7 Å². The van der Waals surface area contributed by atoms with Gasteiger partial charge in [-0.1, -0.05) is 17.7 Å². The highest BCUT2D eigenvalue weighted by Crippen LogP contribution is 2.25. The largest absolute Gasteiger partial charge is 0.496 e. The third-order valence-electron chi connectivity index (χ3n) is 3.16. The molecule has 5 nitrogen and oxygen atoms in total. The molecule has 2 N–H and O–H groups in total. The van der Waals surface area contributed by atoms with Gasteiger partial charge in [0, 0.05) is 24.5 Å². The van der Waals surface area contributed by atoms with Crippen molar-refractivity contribution in [3.8, 4) is 5.75 Å². The molecule has 20 heavy (non-hydrogen) atoms. The number of hydrogen-bond donors (Lipinski definition) is 1. The van der Waals surface area contributed by atoms with Gasteiger partial charge in [0.15, 0.2) is 0 Å². The molecule has 0 radical (unpaired) electrons. The first-order chi connectivity index (χ1) is 9.51. The highest BCUT2D eigenvalue weighted by atomic mass is 16.5. The van der Waals surface area contributed by atoms with E-state index in [0.717, 1.165) is 22.4 Å². The molecule has 5 heteroatoms. The van der Waals surface area contributed by atoms with E-state index >= 15 is 0 Å². The molecule has 0 saturated heterocycles. The second-order valence-corrected chi connectivity index (χ2v) is 4.92. The topological polar surface area (TPSA) is 70.1 Å². The zero-order valence-corrected chi connectivity index (χ0v) is 12.0. The van der Waals surface area contributed by atoms with Crippen LogP contribution < -0.4 is 16.2 Å². The molecule has 1 heterocycles. The summed E-state index contributed by atoms with van der Waals surface area (Å²) in [5.41, 5.74) is 8.85. The molecule has 0 saturated carbocycles. The van der Waals surface area contributed by atoms with Crippen LogP contribution in [-0.4, -0.2) is 16.7 Å². The van der Waals surface area contributed by atoms with Crippen LogP contribution in [0.3, 0.4) is 0 Å². The average Bonchev–Trinajstić information content (AvgIpc) is 2.42. The van der Waals surface area contributed by atoms with Gasteiger partial charge >= 0.3 is 5.69 Å². The summed E-state index contributed by atoms with van der Waals surface area (Å²) in [4.78, 5) is 15.5. The van der Waals surface area contributed by atoms with E-state index in [2.05, 4.69) is 4.98 Å². The lowest BCUT2D eigenvalue weighted by Crippen LogP contribution is -2.28. The van der Waals surface area contributed by atoms with Crippen LogP contribution in [0.15, 0.2) is 35.4 Å². The Labute approximate surface area is 118 Å². The third-order valence-corrected chi connectivity index (χ3v) is 3.16. The highest BCUT2D eigenvalue weighted by molar-refractivity contribution is 5.38. The molecule has 0 aliphatic heterocycles. The zero-order valence-electron chi connectivity index (χ0n) is 12.0. The molecule has 0 aliphatic carbocycles. The predicted molar refractivity (Wildman–Crippen MR) is 77.9 cm³/mol. The van der Waals surface area contributed by atoms with Crippen LogP contribution in [-0.2, 0) is 6.54 Å². The summed E-state index contributed by atoms with van der Waals surface area (Å²) in [6.07, 6.45) is 3.31. The second-order valence-electron chi connectivity index (χ2n) is 4.92. The molecule has 0 fully saturated rings. The van der Waals surface area contributed by atoms with Gasteiger partial charge in [0.2, 0.25) is 0 Å². The van der Waals surface area contributed by atoms with Crippen molar-refractivity contribution >= 4 is 0 Å². The molecule has 0 bridgehead atoms. The summed E-state index contributed by atoms with van der Waals surface area (Å²) in [6.45, 7) is 4.26. The van der Waals surface area contributed by atoms with Crippen molar-refractivity contribution in [1.82, 2.24) is 9.55 Å². The highest BCUT2D eigenvalue weighted by Gasteiger charge is 2.13. The molecule has 1 unspecified atom stereocenters. The van der Waals surface area contributed by atoms with E-state index in [4.69, 9.17) is 10.5 Å². The van der Waals surface area contributed by atoms with Gasteiger partial charge in [0.05, 0.1) is 13.2 Å². The Morgan fingerprint density at radius 3 is 2.80 bits per heavy atom. The van der Waals surface area contributed by atoms with Crippen molar-refractivity contribution in [3.63, 3.8) is 0 Å². The van der Waals surface area contributed by atoms with Crippen molar-refractivity contribution in [2.45, 2.75) is 26.4 Å². The molecule has 2 aromatic rings. The van der Waals surface area contributed by atoms with Crippen molar-refractivity contribution in [2.75, 3.05) is 7.11 Å². The van der Waals surface area contributed by atoms with E-state index in [9.17, 15) is 4.79 Å². The van der Waals surface area contributed by atoms with Gasteiger partial charge in [-0.05, 0) is 25.5 Å². The first-order valence-electron chi connectivity index (χ1n) is 6.44. The molecular formula is C15H19N3O2. The molecule has 1 aromatic heterocycles. The number of nitrogens with two attached hydrogens (primary N) is 1. The SMILES string of the molecule is COc1ccc(C)cc1C(N)Cn1cc(C)cnc1=O. The first kappa shape index (κ1) is 14.3. The minimum absolute atomic E-state index is 0.294. The average molecular weight is 273 g/mol. The maximum atomic E-state index is 11.7. The molecule has 106 valence electrons. The predicted octanol–water partition coefficient (Wildman–Crippen LogP) is 1.57. The number of nitrogens with zero attached hydrogens (tertiary/aromatic N) is 2. The summed E-state index contributed by atoms with van der Waals surface area (Å²) < 4.78 is 6.86. The van der Waals surface area contributed by atoms with Crippen molar-refractivity contribution in [1.29, 1.82) is 0 Å². The Kier molecular flexibility index (Phi) is 4.20. The van der Waals surface area contributed by atoms with Gasteiger partial charge in [-0.2, -0.15) is 0 Å². The Bertz CT molecular complexity index is 664. The lowest BCUT2D eigenvalue weighted by molar-refractivity contribution is 0.401. The van der Waals surface area contributed by atoms with Gasteiger partial charge in [0.1, 0.15) is 5.75 Å². The number of ether oxygens (including phenoxy) is 1. The standard InChI is InChI=1S/C15H19N3O2/c1-10-4-5-14(20-3)12(6-10)13(16)9-18-8-11(2)7-17-15(18)19/h4-8,13H,9,16H2,1-3H3. The molecule has 2 rings (SSSR count). The van der Waals surface area contributed by atoms with Gasteiger partial charge in [-0.3, -0.25) is 4.57 Å². The summed E-state index contributed by atoms with van der Waals surface area (Å²) in [6, 6.07) is 5.51. The van der Waals surface area contributed by atoms with E-state index < -0.39 is 0 Å². The van der Waals surface area contributed by atoms with Crippen molar-refractivity contribution < 1.29 is 4.74 Å². The number of rotatable bonds is 4. The molecule has 1 aromatic carbocycles. The maximum absolute atomic E-state index is 11.7. The summed E-state index contributed by atoms with van der Waals surface area (Å²) >= 11 is 0. The maximum Gasteiger partial charge on any atom is 0.347 e. The summed E-state index contributed by atoms with van der Waals surface area (Å²) in [5.74, 6) is 0.733. The van der Waals surface area contributed by atoms with Crippen LogP contribution in [0.4, 0.5) is 0 Å². The molecule has 1 atom stereocenters. The van der Waals surface area contributed by atoms with E-state index in [-0.39, 0.29) is 11.7 Å². The number of benzene rings is 1. The van der Waals surface area contributed by atoms with Crippen molar-refractivity contribution in [3.05, 3.63) is 57.8 Å². The normalized spacial score (nSPS) is 12.2. The Hall–Kier alpha value is -2.14. The fraction of sp³-hybridized carbons (Fsp3) is 0.333. The van der Waals surface area contributed by atoms with Crippen LogP contribution in [0.25, 0.3) is 0 Å². The molecule has 0 amide bonds. The number of methoxy groups -OCH3 is 1. The fourth-order valence-electron chi connectivity index (χ4n) is 2.15. The number of hydrogen-bond acceptors (Lipinski definition) is 4. The van der Waals surface area contributed by atoms with Gasteiger partial charge in [-0.15, -0.1) is 0 Å². The first-order valence-corrected chi connectivity index (χ1v) is 6.44. The van der Waals surface area contributed by atoms with Gasteiger partial charge in [-0.25, -0.2) is 9.78 Å². The minimum atomic E-state index is -0.328. The number of aromatic nitrogens is 2. The zero-order chi connectivity index (χ0) is 14.7. The lowest BCUT2D eigenvalue weighted by Gasteiger charge is -2.17. The third kappa shape index (κ3) is 3.05. The number of aryl methyl sites for hydroxylation is 2. The monoisotopic (exact) mass is 273 g/mol. The summed E-state index contributed by atoms with van der Waals surface area (Å²) in [5, 5.41) is 0. The van der Waals surface area contributed by atoms with Crippen LogP contribution >= 0.6 is 0 Å². The lowest BCUT2D eigenvalue weighted by atomic mass is 10.0. The van der Waals surface area contributed by atoms with Gasteiger partial charge in [0.25, 0.3) is 0 Å². The second kappa shape index (κ2) is 5.88. The van der Waals surface area contributed by atoms with Crippen molar-refractivity contribution in [2.24, 2.45) is 5.73 Å². The molecular weight excluding hydrogens is 254 g/mol. The smallest absolute Gasteiger partial charge is 0.347 e. The molecule has 0 aliphatic rings. The van der Waals surface area contributed by atoms with E-state index in [1.807, 2.05) is 32.0 Å². The van der Waals surface area contributed by atoms with E-state index in [0.29, 0.717) is 6.54 Å². The summed E-state index contributed by atoms with van der Waals surface area (Å²) in [7, 11) is 1.61. The minimum Gasteiger partial charge on any atom is -0.496 e. The molecule has 0 spiro atoms. The quantitative estimate of drug-likeness (QED) is 0.918. The Balaban J connectivity index is 2.32.